The fraction of sp³-hybridized carbons (Fsp3) is 0.667. The van der Waals surface area contributed by atoms with E-state index in [0.29, 0.717) is 19.4 Å². The largest absolute Gasteiger partial charge is 0.481 e. The first-order valence-corrected chi connectivity index (χ1v) is 11.9. The number of hydrogen-bond donors (Lipinski definition) is 10. The molecule has 4 atom stereocenters. The predicted octanol–water partition coefficient (Wildman–Crippen LogP) is -4.22. The molecule has 0 aliphatic carbocycles. The lowest BCUT2D eigenvalue weighted by atomic mass is 10.0. The highest BCUT2D eigenvalue weighted by Gasteiger charge is 2.31. The van der Waals surface area contributed by atoms with Crippen molar-refractivity contribution in [1.82, 2.24) is 16.0 Å². The van der Waals surface area contributed by atoms with Gasteiger partial charge in [0, 0.05) is 13.0 Å². The molecule has 0 spiro atoms. The molecule has 0 rings (SSSR count). The number of nitrogens with two attached hydrogens (primary N) is 5. The van der Waals surface area contributed by atoms with Gasteiger partial charge in [0.15, 0.2) is 5.96 Å². The van der Waals surface area contributed by atoms with Crippen molar-refractivity contribution >= 4 is 41.5 Å². The van der Waals surface area contributed by atoms with E-state index in [9.17, 15) is 33.9 Å². The Kier molecular flexibility index (Phi) is 16.4. The van der Waals surface area contributed by atoms with Gasteiger partial charge in [0.1, 0.15) is 18.1 Å². The number of carbonyl (C=O) groups excluding carboxylic acids is 4. The molecule has 0 saturated carbocycles. The average molecular weight is 546 g/mol. The van der Waals surface area contributed by atoms with Crippen molar-refractivity contribution in [1.29, 1.82) is 0 Å². The predicted molar refractivity (Wildman–Crippen MR) is 135 cm³/mol. The van der Waals surface area contributed by atoms with Crippen molar-refractivity contribution in [3.8, 4) is 0 Å². The van der Waals surface area contributed by atoms with Crippen molar-refractivity contribution in [3.05, 3.63) is 0 Å². The highest BCUT2D eigenvalue weighted by atomic mass is 16.4. The number of nitrogens with zero attached hydrogens (tertiary/aromatic N) is 1. The summed E-state index contributed by atoms with van der Waals surface area (Å²) in [7, 11) is 0. The van der Waals surface area contributed by atoms with Crippen LogP contribution in [0.15, 0.2) is 4.99 Å². The van der Waals surface area contributed by atoms with Gasteiger partial charge in [-0.15, -0.1) is 0 Å². The van der Waals surface area contributed by atoms with E-state index >= 15 is 0 Å². The number of aliphatic carboxylic acids is 2. The van der Waals surface area contributed by atoms with E-state index < -0.39 is 72.6 Å². The lowest BCUT2D eigenvalue weighted by molar-refractivity contribution is -0.143. The van der Waals surface area contributed by atoms with Crippen LogP contribution < -0.4 is 44.6 Å². The van der Waals surface area contributed by atoms with Crippen molar-refractivity contribution < 1.29 is 39.0 Å². The minimum atomic E-state index is -1.66. The summed E-state index contributed by atoms with van der Waals surface area (Å²) in [4.78, 5) is 75.8. The third-order valence-electron chi connectivity index (χ3n) is 5.18. The monoisotopic (exact) mass is 545 g/mol. The van der Waals surface area contributed by atoms with Crippen LogP contribution in [0.3, 0.4) is 0 Å². The molecule has 4 amide bonds. The van der Waals surface area contributed by atoms with Crippen LogP contribution in [0.1, 0.15) is 51.4 Å². The lowest BCUT2D eigenvalue weighted by Crippen LogP contribution is -2.57. The molecule has 0 fully saturated rings. The summed E-state index contributed by atoms with van der Waals surface area (Å²) >= 11 is 0. The molecule has 4 unspecified atom stereocenters. The molecular weight excluding hydrogens is 506 g/mol. The summed E-state index contributed by atoms with van der Waals surface area (Å²) in [5.41, 5.74) is 26.8. The summed E-state index contributed by atoms with van der Waals surface area (Å²) in [6.07, 6.45) is 0.0694. The zero-order valence-electron chi connectivity index (χ0n) is 21.1. The zero-order chi connectivity index (χ0) is 29.3. The minimum Gasteiger partial charge on any atom is -0.481 e. The summed E-state index contributed by atoms with van der Waals surface area (Å²) in [5, 5.41) is 25.2. The van der Waals surface area contributed by atoms with Crippen LogP contribution in [0.2, 0.25) is 0 Å². The van der Waals surface area contributed by atoms with E-state index in [0.717, 1.165) is 0 Å². The standard InChI is InChI=1S/C21H39N9O8/c22-8-2-1-4-11(23)17(34)28-13(6-7-16(32)33)19(36)29-12(5-3-9-27-21(25)26)18(35)30-14(20(37)38)10-15(24)31/h11-14H,1-10,22-23H2,(H2,24,31)(H,28,34)(H,29,36)(H,30,35)(H,32,33)(H,37,38)(H4,25,26,27). The van der Waals surface area contributed by atoms with E-state index in [1.165, 1.54) is 0 Å². The molecular formula is C21H39N9O8. The first-order chi connectivity index (χ1) is 17.8. The number of carboxylic acids is 2. The molecule has 38 heavy (non-hydrogen) atoms. The Bertz CT molecular complexity index is 864. The van der Waals surface area contributed by atoms with E-state index in [2.05, 4.69) is 20.9 Å². The van der Waals surface area contributed by atoms with Crippen LogP contribution in [-0.4, -0.2) is 89.0 Å². The van der Waals surface area contributed by atoms with Gasteiger partial charge >= 0.3 is 11.9 Å². The average Bonchev–Trinajstić information content (AvgIpc) is 2.82. The highest BCUT2D eigenvalue weighted by molar-refractivity contribution is 5.95. The third-order valence-corrected chi connectivity index (χ3v) is 5.18. The van der Waals surface area contributed by atoms with Gasteiger partial charge in [-0.3, -0.25) is 29.0 Å². The smallest absolute Gasteiger partial charge is 0.326 e. The topological polar surface area (TPSA) is 321 Å². The van der Waals surface area contributed by atoms with Crippen molar-refractivity contribution in [2.24, 2.45) is 33.7 Å². The fourth-order valence-corrected chi connectivity index (χ4v) is 3.17. The number of aliphatic imine (C=N–C) groups is 1. The SMILES string of the molecule is NCCCCC(N)C(=O)NC(CCC(=O)O)C(=O)NC(CCCN=C(N)N)C(=O)NC(CC(N)=O)C(=O)O. The minimum absolute atomic E-state index is 0.0719. The number of amides is 4. The molecule has 0 aliphatic heterocycles. The molecule has 17 nitrogen and oxygen atoms in total. The van der Waals surface area contributed by atoms with Gasteiger partial charge in [-0.05, 0) is 38.6 Å². The Morgan fingerprint density at radius 2 is 1.29 bits per heavy atom. The Hall–Kier alpha value is -3.99. The molecule has 0 heterocycles. The molecule has 0 bridgehead atoms. The normalized spacial score (nSPS) is 13.7. The molecule has 0 radical (unpaired) electrons. The fourth-order valence-electron chi connectivity index (χ4n) is 3.17. The maximum absolute atomic E-state index is 13.0. The lowest BCUT2D eigenvalue weighted by Gasteiger charge is -2.25. The van der Waals surface area contributed by atoms with Gasteiger partial charge in [0.2, 0.25) is 23.6 Å². The number of nitrogens with one attached hydrogen (secondary N) is 3. The van der Waals surface area contributed by atoms with E-state index in [1.807, 2.05) is 0 Å². The zero-order valence-corrected chi connectivity index (χ0v) is 21.1. The van der Waals surface area contributed by atoms with Crippen LogP contribution in [-0.2, 0) is 28.8 Å². The van der Waals surface area contributed by atoms with E-state index in [4.69, 9.17) is 33.8 Å². The molecule has 0 saturated heterocycles. The molecule has 17 heteroatoms. The van der Waals surface area contributed by atoms with Gasteiger partial charge in [0.05, 0.1) is 12.5 Å². The summed E-state index contributed by atoms with van der Waals surface area (Å²) < 4.78 is 0. The second kappa shape index (κ2) is 18.3. The van der Waals surface area contributed by atoms with Crippen molar-refractivity contribution in [2.45, 2.75) is 75.5 Å². The first kappa shape index (κ1) is 34.0. The Balaban J connectivity index is 5.67. The molecule has 216 valence electrons. The van der Waals surface area contributed by atoms with Gasteiger partial charge in [-0.2, -0.15) is 0 Å². The molecule has 0 aliphatic rings. The summed E-state index contributed by atoms with van der Waals surface area (Å²) in [6, 6.07) is -5.36. The number of primary amides is 1. The van der Waals surface area contributed by atoms with Gasteiger partial charge in [0.25, 0.3) is 0 Å². The van der Waals surface area contributed by atoms with Crippen LogP contribution >= 0.6 is 0 Å². The Labute approximate surface area is 219 Å². The maximum atomic E-state index is 13.0. The third kappa shape index (κ3) is 15.2. The van der Waals surface area contributed by atoms with Crippen LogP contribution in [0.25, 0.3) is 0 Å². The molecule has 0 aromatic rings. The summed E-state index contributed by atoms with van der Waals surface area (Å²) in [5.74, 6) is -6.51. The van der Waals surface area contributed by atoms with Crippen LogP contribution in [0, 0.1) is 0 Å². The maximum Gasteiger partial charge on any atom is 0.326 e. The van der Waals surface area contributed by atoms with Crippen molar-refractivity contribution in [3.63, 3.8) is 0 Å². The number of guanidine groups is 1. The second-order valence-electron chi connectivity index (χ2n) is 8.46. The van der Waals surface area contributed by atoms with E-state index in [1.54, 1.807) is 0 Å². The number of rotatable bonds is 20. The number of carboxylic acid groups (broad SMARTS) is 2. The van der Waals surface area contributed by atoms with Gasteiger partial charge in [-0.1, -0.05) is 6.42 Å². The second-order valence-corrected chi connectivity index (χ2v) is 8.46. The quantitative estimate of drug-likeness (QED) is 0.0395. The number of carbonyl (C=O) groups is 6. The van der Waals surface area contributed by atoms with Crippen LogP contribution in [0.5, 0.6) is 0 Å². The van der Waals surface area contributed by atoms with Gasteiger partial charge < -0.3 is 54.8 Å². The number of unbranched alkanes of at least 4 members (excludes halogenated alkanes) is 1. The van der Waals surface area contributed by atoms with Gasteiger partial charge in [-0.25, -0.2) is 4.79 Å². The van der Waals surface area contributed by atoms with Crippen molar-refractivity contribution in [2.75, 3.05) is 13.1 Å². The molecule has 0 aromatic carbocycles. The van der Waals surface area contributed by atoms with E-state index in [-0.39, 0.29) is 38.2 Å². The Morgan fingerprint density at radius 3 is 1.79 bits per heavy atom. The summed E-state index contributed by atoms with van der Waals surface area (Å²) in [6.45, 7) is 0.481. The first-order valence-electron chi connectivity index (χ1n) is 11.9. The highest BCUT2D eigenvalue weighted by Crippen LogP contribution is 2.06. The molecule has 15 N–H and O–H groups in total. The number of hydrogen-bond acceptors (Lipinski definition) is 9. The Morgan fingerprint density at radius 1 is 0.737 bits per heavy atom. The molecule has 0 aromatic heterocycles. The van der Waals surface area contributed by atoms with Crippen LogP contribution in [0.4, 0.5) is 0 Å².